The van der Waals surface area contributed by atoms with Crippen LogP contribution in [0.1, 0.15) is 83.7 Å². The normalized spacial score (nSPS) is 17.5. The summed E-state index contributed by atoms with van der Waals surface area (Å²) in [5, 5.41) is 0. The van der Waals surface area contributed by atoms with Crippen LogP contribution in [0.5, 0.6) is 0 Å². The molecule has 1 unspecified atom stereocenters. The van der Waals surface area contributed by atoms with Crippen LogP contribution in [-0.4, -0.2) is 0 Å². The molecular formula is C66H51N. The second kappa shape index (κ2) is 14.9. The lowest BCUT2D eigenvalue weighted by molar-refractivity contribution is 0.607. The Hall–Kier alpha value is -7.74. The first-order valence-corrected chi connectivity index (χ1v) is 24.0. The van der Waals surface area contributed by atoms with Gasteiger partial charge in [-0.05, 0) is 145 Å². The molecule has 4 aliphatic rings. The Morgan fingerprint density at radius 1 is 0.388 bits per heavy atom. The Bertz CT molecular complexity index is 3450. The number of benzene rings is 9. The molecule has 320 valence electrons. The maximum atomic E-state index is 2.56. The highest BCUT2D eigenvalue weighted by Crippen LogP contribution is 2.60. The van der Waals surface area contributed by atoms with E-state index < -0.39 is 10.8 Å². The number of fused-ring (bicyclic) bond motifs is 8. The molecule has 4 aliphatic carbocycles. The monoisotopic (exact) mass is 857 g/mol. The van der Waals surface area contributed by atoms with E-state index >= 15 is 0 Å². The summed E-state index contributed by atoms with van der Waals surface area (Å²) in [5.74, 6) is 0. The fourth-order valence-electron chi connectivity index (χ4n) is 12.8. The minimum Gasteiger partial charge on any atom is -0.310 e. The number of rotatable bonds is 7. The summed E-state index contributed by atoms with van der Waals surface area (Å²) in [6.07, 6.45) is 6.93. The van der Waals surface area contributed by atoms with Gasteiger partial charge in [0, 0.05) is 27.9 Å². The predicted molar refractivity (Wildman–Crippen MR) is 280 cm³/mol. The lowest BCUT2D eigenvalue weighted by Crippen LogP contribution is -2.28. The summed E-state index contributed by atoms with van der Waals surface area (Å²) < 4.78 is 0. The highest BCUT2D eigenvalue weighted by Gasteiger charge is 2.47. The highest BCUT2D eigenvalue weighted by molar-refractivity contribution is 5.97. The van der Waals surface area contributed by atoms with Crippen molar-refractivity contribution in [3.63, 3.8) is 0 Å². The topological polar surface area (TPSA) is 3.24 Å². The van der Waals surface area contributed by atoms with Gasteiger partial charge >= 0.3 is 0 Å². The first-order chi connectivity index (χ1) is 32.9. The van der Waals surface area contributed by atoms with Crippen LogP contribution in [0.2, 0.25) is 0 Å². The van der Waals surface area contributed by atoms with E-state index in [2.05, 4.69) is 256 Å². The third kappa shape index (κ3) is 5.61. The van der Waals surface area contributed by atoms with Crippen molar-refractivity contribution in [3.8, 4) is 33.4 Å². The standard InChI is InChI=1S/C66H51N/c1-64(2)57-32-18-16-29-52(57)54-38-35-48(41-60(54)64)67(50-36-39-55-53-30-17-19-33-58(53)66(62(55)43-50,46-25-12-6-13-26-46)47-27-14-7-15-28-47)49-37-40-56-61(42-49)65(3,45-23-10-5-11-24-45)59-34-20-31-51(63(56)59)44-21-8-4-9-22-44/h4-17,19-31,33-43H,18,32H2,1-3H3. The molecule has 1 atom stereocenters. The Labute approximate surface area is 395 Å². The average molecular weight is 858 g/mol. The van der Waals surface area contributed by atoms with Gasteiger partial charge in [0.2, 0.25) is 0 Å². The number of anilines is 3. The van der Waals surface area contributed by atoms with E-state index in [0.29, 0.717) is 0 Å². The van der Waals surface area contributed by atoms with Crippen LogP contribution in [0.3, 0.4) is 0 Å². The lowest BCUT2D eigenvalue weighted by Gasteiger charge is -2.35. The molecule has 0 fully saturated rings. The zero-order chi connectivity index (χ0) is 44.9. The lowest BCUT2D eigenvalue weighted by atomic mass is 9.67. The van der Waals surface area contributed by atoms with Crippen molar-refractivity contribution in [2.45, 2.75) is 49.9 Å². The van der Waals surface area contributed by atoms with E-state index in [1.165, 1.54) is 89.0 Å². The van der Waals surface area contributed by atoms with Gasteiger partial charge < -0.3 is 4.90 Å². The van der Waals surface area contributed by atoms with Gasteiger partial charge in [0.1, 0.15) is 0 Å². The van der Waals surface area contributed by atoms with Crippen molar-refractivity contribution in [1.82, 2.24) is 0 Å². The van der Waals surface area contributed by atoms with E-state index in [9.17, 15) is 0 Å². The minimum absolute atomic E-state index is 0.0776. The van der Waals surface area contributed by atoms with Gasteiger partial charge in [0.15, 0.2) is 0 Å². The Balaban J connectivity index is 1.08. The molecule has 0 aromatic heterocycles. The second-order valence-corrected chi connectivity index (χ2v) is 19.6. The molecule has 0 aliphatic heterocycles. The molecule has 0 bridgehead atoms. The molecule has 67 heavy (non-hydrogen) atoms. The van der Waals surface area contributed by atoms with Gasteiger partial charge in [-0.25, -0.2) is 0 Å². The zero-order valence-electron chi connectivity index (χ0n) is 38.3. The molecule has 0 saturated heterocycles. The van der Waals surface area contributed by atoms with Gasteiger partial charge in [-0.15, -0.1) is 0 Å². The summed E-state index contributed by atoms with van der Waals surface area (Å²) >= 11 is 0. The van der Waals surface area contributed by atoms with Crippen LogP contribution in [0.15, 0.2) is 236 Å². The summed E-state index contributed by atoms with van der Waals surface area (Å²) in [6.45, 7) is 7.31. The van der Waals surface area contributed by atoms with E-state index in [1.54, 1.807) is 5.57 Å². The molecule has 0 amide bonds. The van der Waals surface area contributed by atoms with Crippen LogP contribution < -0.4 is 4.90 Å². The van der Waals surface area contributed by atoms with Gasteiger partial charge in [0.05, 0.1) is 5.41 Å². The van der Waals surface area contributed by atoms with Crippen molar-refractivity contribution >= 4 is 22.6 Å². The fourth-order valence-corrected chi connectivity index (χ4v) is 12.8. The number of hydrogen-bond acceptors (Lipinski definition) is 1. The van der Waals surface area contributed by atoms with Crippen LogP contribution in [-0.2, 0) is 16.2 Å². The van der Waals surface area contributed by atoms with E-state index in [4.69, 9.17) is 0 Å². The minimum atomic E-state index is -0.523. The summed E-state index contributed by atoms with van der Waals surface area (Å²) in [5.41, 5.74) is 25.0. The quantitative estimate of drug-likeness (QED) is 0.154. The molecule has 0 heterocycles. The van der Waals surface area contributed by atoms with E-state index in [1.807, 2.05) is 0 Å². The van der Waals surface area contributed by atoms with E-state index in [-0.39, 0.29) is 5.41 Å². The molecule has 0 radical (unpaired) electrons. The Kier molecular flexibility index (Phi) is 8.80. The van der Waals surface area contributed by atoms with Crippen molar-refractivity contribution < 1.29 is 0 Å². The molecule has 0 spiro atoms. The predicted octanol–water partition coefficient (Wildman–Crippen LogP) is 16.9. The third-order valence-corrected chi connectivity index (χ3v) is 16.0. The third-order valence-electron chi connectivity index (χ3n) is 16.0. The van der Waals surface area contributed by atoms with Crippen LogP contribution in [0.4, 0.5) is 17.1 Å². The summed E-state index contributed by atoms with van der Waals surface area (Å²) in [7, 11) is 0. The van der Waals surface area contributed by atoms with Crippen molar-refractivity contribution in [3.05, 3.63) is 286 Å². The molecule has 9 aromatic rings. The maximum Gasteiger partial charge on any atom is 0.0714 e. The molecule has 1 heteroatoms. The fraction of sp³-hybridized carbons (Fsp3) is 0.121. The van der Waals surface area contributed by atoms with Crippen LogP contribution in [0, 0.1) is 0 Å². The SMILES string of the molecule is CC1(C)C2=C(C=CCC2)c2ccc(N(c3ccc4c(c3)C(C)(c3ccccc3)c3cccc(-c5ccccc5)c3-4)c3ccc4c(c3)C(c3ccccc3)(c3ccccc3)c3ccccc3-4)cc21. The Morgan fingerprint density at radius 3 is 1.57 bits per heavy atom. The second-order valence-electron chi connectivity index (χ2n) is 19.6. The van der Waals surface area contributed by atoms with E-state index in [0.717, 1.165) is 29.9 Å². The van der Waals surface area contributed by atoms with Gasteiger partial charge in [-0.2, -0.15) is 0 Å². The first kappa shape index (κ1) is 39.6. The van der Waals surface area contributed by atoms with Crippen LogP contribution in [0.25, 0.3) is 39.0 Å². The first-order valence-electron chi connectivity index (χ1n) is 24.0. The number of nitrogens with zero attached hydrogens (tertiary/aromatic N) is 1. The van der Waals surface area contributed by atoms with Gasteiger partial charge in [-0.3, -0.25) is 0 Å². The molecular weight excluding hydrogens is 807 g/mol. The van der Waals surface area contributed by atoms with Gasteiger partial charge in [0.25, 0.3) is 0 Å². The highest BCUT2D eigenvalue weighted by atomic mass is 15.1. The van der Waals surface area contributed by atoms with Crippen LogP contribution >= 0.6 is 0 Å². The molecule has 0 N–H and O–H groups in total. The summed E-state index contributed by atoms with van der Waals surface area (Å²) in [4.78, 5) is 2.56. The molecule has 1 nitrogen and oxygen atoms in total. The van der Waals surface area contributed by atoms with Crippen molar-refractivity contribution in [1.29, 1.82) is 0 Å². The summed E-state index contributed by atoms with van der Waals surface area (Å²) in [6, 6.07) is 82.3. The number of hydrogen-bond donors (Lipinski definition) is 0. The van der Waals surface area contributed by atoms with Crippen molar-refractivity contribution in [2.75, 3.05) is 4.90 Å². The zero-order valence-corrected chi connectivity index (χ0v) is 38.3. The maximum absolute atomic E-state index is 2.56. The van der Waals surface area contributed by atoms with Gasteiger partial charge in [-0.1, -0.05) is 214 Å². The van der Waals surface area contributed by atoms with Crippen molar-refractivity contribution in [2.24, 2.45) is 0 Å². The largest absolute Gasteiger partial charge is 0.310 e. The number of allylic oxidation sites excluding steroid dienone is 4. The average Bonchev–Trinajstić information content (AvgIpc) is 3.93. The molecule has 0 saturated carbocycles. The molecule has 13 rings (SSSR count). The Morgan fingerprint density at radius 2 is 0.896 bits per heavy atom. The molecule has 9 aromatic carbocycles. The smallest absolute Gasteiger partial charge is 0.0714 e.